The molecule has 7 heteroatoms. The van der Waals surface area contributed by atoms with Crippen LogP contribution in [0.5, 0.6) is 5.75 Å². The van der Waals surface area contributed by atoms with Gasteiger partial charge in [-0.25, -0.2) is 0 Å². The first-order chi connectivity index (χ1) is 15.5. The van der Waals surface area contributed by atoms with E-state index in [1.807, 2.05) is 79.4 Å². The highest BCUT2D eigenvalue weighted by Gasteiger charge is 2.33. The predicted octanol–water partition coefficient (Wildman–Crippen LogP) is 4.94. The second-order valence-corrected chi connectivity index (χ2v) is 8.65. The molecule has 0 bridgehead atoms. The Bertz CT molecular complexity index is 1050. The van der Waals surface area contributed by atoms with Gasteiger partial charge in [0.1, 0.15) is 16.9 Å². The standard InChI is InChI=1S/C25H26N2O4S/c1-3-30-21-12-10-18(11-13-21)17(2)26-24(29)19-6-8-20(9-7-19)25-27(23(28)16-32-25)15-22-5-4-14-31-22/h4-14,17,25H,3,15-16H2,1-2H3,(H,26,29)/t17-,25-/m1/s1. The molecule has 166 valence electrons. The van der Waals surface area contributed by atoms with Crippen molar-refractivity contribution in [3.05, 3.63) is 89.4 Å². The van der Waals surface area contributed by atoms with Gasteiger partial charge in [-0.2, -0.15) is 0 Å². The van der Waals surface area contributed by atoms with Gasteiger partial charge in [-0.1, -0.05) is 24.3 Å². The van der Waals surface area contributed by atoms with E-state index >= 15 is 0 Å². The van der Waals surface area contributed by atoms with Crippen LogP contribution in [0.2, 0.25) is 0 Å². The van der Waals surface area contributed by atoms with Crippen LogP contribution in [0.3, 0.4) is 0 Å². The predicted molar refractivity (Wildman–Crippen MR) is 124 cm³/mol. The lowest BCUT2D eigenvalue weighted by molar-refractivity contribution is -0.128. The van der Waals surface area contributed by atoms with E-state index in [0.717, 1.165) is 22.6 Å². The molecule has 0 spiro atoms. The van der Waals surface area contributed by atoms with Gasteiger partial charge < -0.3 is 19.4 Å². The van der Waals surface area contributed by atoms with Crippen LogP contribution in [0, 0.1) is 0 Å². The zero-order chi connectivity index (χ0) is 22.5. The Morgan fingerprint density at radius 3 is 2.59 bits per heavy atom. The summed E-state index contributed by atoms with van der Waals surface area (Å²) in [6, 6.07) is 18.7. The fraction of sp³-hybridized carbons (Fsp3) is 0.280. The Morgan fingerprint density at radius 1 is 1.19 bits per heavy atom. The Morgan fingerprint density at radius 2 is 1.94 bits per heavy atom. The third kappa shape index (κ3) is 4.99. The molecule has 4 rings (SSSR count). The molecule has 2 atom stereocenters. The lowest BCUT2D eigenvalue weighted by Gasteiger charge is -2.23. The van der Waals surface area contributed by atoms with Crippen LogP contribution in [0.25, 0.3) is 0 Å². The second-order valence-electron chi connectivity index (χ2n) is 7.58. The molecule has 0 saturated carbocycles. The minimum atomic E-state index is -0.138. The van der Waals surface area contributed by atoms with E-state index in [4.69, 9.17) is 9.15 Å². The Balaban J connectivity index is 1.40. The van der Waals surface area contributed by atoms with Crippen LogP contribution < -0.4 is 10.1 Å². The van der Waals surface area contributed by atoms with Crippen molar-refractivity contribution in [2.75, 3.05) is 12.4 Å². The molecule has 1 saturated heterocycles. The minimum Gasteiger partial charge on any atom is -0.494 e. The van der Waals surface area contributed by atoms with Crippen molar-refractivity contribution in [1.82, 2.24) is 10.2 Å². The number of hydrogen-bond acceptors (Lipinski definition) is 5. The first-order valence-corrected chi connectivity index (χ1v) is 11.7. The molecule has 1 N–H and O–H groups in total. The van der Waals surface area contributed by atoms with Gasteiger partial charge in [-0.05, 0) is 61.4 Å². The van der Waals surface area contributed by atoms with Gasteiger partial charge in [0.15, 0.2) is 0 Å². The minimum absolute atomic E-state index is 0.0856. The molecule has 32 heavy (non-hydrogen) atoms. The molecule has 1 aromatic heterocycles. The number of amides is 2. The van der Waals surface area contributed by atoms with Crippen molar-refractivity contribution >= 4 is 23.6 Å². The summed E-state index contributed by atoms with van der Waals surface area (Å²) in [6.07, 6.45) is 1.61. The third-order valence-electron chi connectivity index (χ3n) is 5.37. The molecular weight excluding hydrogens is 424 g/mol. The molecule has 0 unspecified atom stereocenters. The highest BCUT2D eigenvalue weighted by atomic mass is 32.2. The quantitative estimate of drug-likeness (QED) is 0.526. The Hall–Kier alpha value is -3.19. The van der Waals surface area contributed by atoms with Crippen LogP contribution in [0.15, 0.2) is 71.3 Å². The number of carbonyl (C=O) groups excluding carboxylic acids is 2. The number of ether oxygens (including phenoxy) is 1. The molecule has 1 aliphatic rings. The number of thioether (sulfide) groups is 1. The second kappa shape index (κ2) is 9.96. The van der Waals surface area contributed by atoms with Gasteiger partial charge in [0.25, 0.3) is 5.91 Å². The lowest BCUT2D eigenvalue weighted by Crippen LogP contribution is -2.28. The van der Waals surface area contributed by atoms with E-state index in [1.54, 1.807) is 18.0 Å². The summed E-state index contributed by atoms with van der Waals surface area (Å²) in [6.45, 7) is 4.96. The average Bonchev–Trinajstić information content (AvgIpc) is 3.45. The fourth-order valence-electron chi connectivity index (χ4n) is 3.65. The van der Waals surface area contributed by atoms with Crippen molar-refractivity contribution in [2.45, 2.75) is 31.8 Å². The number of benzene rings is 2. The van der Waals surface area contributed by atoms with E-state index in [9.17, 15) is 9.59 Å². The molecule has 6 nitrogen and oxygen atoms in total. The van der Waals surface area contributed by atoms with Crippen molar-refractivity contribution in [3.8, 4) is 5.75 Å². The van der Waals surface area contributed by atoms with E-state index < -0.39 is 0 Å². The number of furan rings is 1. The lowest BCUT2D eigenvalue weighted by atomic mass is 10.1. The molecule has 0 radical (unpaired) electrons. The van der Waals surface area contributed by atoms with Gasteiger partial charge >= 0.3 is 0 Å². The summed E-state index contributed by atoms with van der Waals surface area (Å²) in [7, 11) is 0. The van der Waals surface area contributed by atoms with E-state index in [-0.39, 0.29) is 23.2 Å². The molecular formula is C25H26N2O4S. The summed E-state index contributed by atoms with van der Waals surface area (Å²) in [5, 5.41) is 2.95. The van der Waals surface area contributed by atoms with Gasteiger partial charge in [0, 0.05) is 5.56 Å². The maximum atomic E-state index is 12.7. The Kier molecular flexibility index (Phi) is 6.85. The first-order valence-electron chi connectivity index (χ1n) is 10.6. The molecule has 2 heterocycles. The van der Waals surface area contributed by atoms with Crippen LogP contribution in [0.4, 0.5) is 0 Å². The molecule has 2 amide bonds. The number of nitrogens with zero attached hydrogens (tertiary/aromatic N) is 1. The summed E-state index contributed by atoms with van der Waals surface area (Å²) < 4.78 is 10.9. The van der Waals surface area contributed by atoms with Gasteiger partial charge in [-0.3, -0.25) is 9.59 Å². The first kappa shape index (κ1) is 22.0. The smallest absolute Gasteiger partial charge is 0.251 e. The molecule has 0 aliphatic carbocycles. The number of hydrogen-bond donors (Lipinski definition) is 1. The number of rotatable bonds is 8. The van der Waals surface area contributed by atoms with Crippen molar-refractivity contribution < 1.29 is 18.7 Å². The van der Waals surface area contributed by atoms with Crippen LogP contribution in [0.1, 0.15) is 52.5 Å². The molecule has 2 aromatic carbocycles. The SMILES string of the molecule is CCOc1ccc([C@@H](C)NC(=O)c2ccc([C@H]3SCC(=O)N3Cc3ccco3)cc2)cc1. The van der Waals surface area contributed by atoms with E-state index in [1.165, 1.54) is 0 Å². The average molecular weight is 451 g/mol. The molecule has 1 fully saturated rings. The van der Waals surface area contributed by atoms with Crippen LogP contribution >= 0.6 is 11.8 Å². The fourth-order valence-corrected chi connectivity index (χ4v) is 4.84. The van der Waals surface area contributed by atoms with E-state index in [2.05, 4.69) is 5.32 Å². The van der Waals surface area contributed by atoms with Crippen LogP contribution in [-0.2, 0) is 11.3 Å². The Labute approximate surface area is 191 Å². The van der Waals surface area contributed by atoms with Gasteiger partial charge in [0.2, 0.25) is 5.91 Å². The van der Waals surface area contributed by atoms with Crippen molar-refractivity contribution in [1.29, 1.82) is 0 Å². The highest BCUT2D eigenvalue weighted by Crippen LogP contribution is 2.39. The summed E-state index contributed by atoms with van der Waals surface area (Å²) >= 11 is 1.58. The zero-order valence-corrected chi connectivity index (χ0v) is 18.9. The van der Waals surface area contributed by atoms with E-state index in [0.29, 0.717) is 24.5 Å². The van der Waals surface area contributed by atoms with Crippen molar-refractivity contribution in [2.24, 2.45) is 0 Å². The summed E-state index contributed by atoms with van der Waals surface area (Å²) in [4.78, 5) is 26.9. The normalized spacial score (nSPS) is 16.8. The largest absolute Gasteiger partial charge is 0.494 e. The zero-order valence-electron chi connectivity index (χ0n) is 18.1. The highest BCUT2D eigenvalue weighted by molar-refractivity contribution is 8.00. The number of carbonyl (C=O) groups is 2. The topological polar surface area (TPSA) is 71.8 Å². The molecule has 3 aromatic rings. The summed E-state index contributed by atoms with van der Waals surface area (Å²) in [5.74, 6) is 1.95. The maximum absolute atomic E-state index is 12.7. The monoisotopic (exact) mass is 450 g/mol. The van der Waals surface area contributed by atoms with Gasteiger partial charge in [0.05, 0.1) is 31.2 Å². The molecule has 1 aliphatic heterocycles. The summed E-state index contributed by atoms with van der Waals surface area (Å²) in [5.41, 5.74) is 2.58. The third-order valence-corrected chi connectivity index (χ3v) is 6.63. The van der Waals surface area contributed by atoms with Crippen LogP contribution in [-0.4, -0.2) is 29.1 Å². The van der Waals surface area contributed by atoms with Crippen molar-refractivity contribution in [3.63, 3.8) is 0 Å². The maximum Gasteiger partial charge on any atom is 0.251 e. The van der Waals surface area contributed by atoms with Gasteiger partial charge in [-0.15, -0.1) is 11.8 Å². The number of nitrogens with one attached hydrogen (secondary N) is 1.